The Balaban J connectivity index is 1.51. The van der Waals surface area contributed by atoms with Crippen LogP contribution in [-0.2, 0) is 10.0 Å². The molecule has 5 heteroatoms. The lowest BCUT2D eigenvalue weighted by Crippen LogP contribution is -2.56. The molecule has 0 radical (unpaired) electrons. The van der Waals surface area contributed by atoms with Crippen LogP contribution in [0, 0.1) is 11.3 Å². The predicted octanol–water partition coefficient (Wildman–Crippen LogP) is 2.44. The van der Waals surface area contributed by atoms with Crippen molar-refractivity contribution in [2.45, 2.75) is 38.6 Å². The summed E-state index contributed by atoms with van der Waals surface area (Å²) >= 11 is 0. The zero-order valence-electron chi connectivity index (χ0n) is 14.3. The molecule has 0 spiro atoms. The molecule has 0 unspecified atom stereocenters. The number of sulfonamides is 1. The molecule has 2 aliphatic rings. The van der Waals surface area contributed by atoms with Crippen LogP contribution in [0.2, 0.25) is 0 Å². The summed E-state index contributed by atoms with van der Waals surface area (Å²) in [4.78, 5) is 0. The standard InChI is InChI=1S/C18H28N2O2S/c1-18(2)16(15-7-5-4-6-8-15)11-17(18)19-12-14-9-10-20(13-14)23(3,21)22/h4-8,14,16-17,19H,9-13H2,1-3H3/t14-,16+,17-/m1/s1. The van der Waals surface area contributed by atoms with Crippen molar-refractivity contribution in [3.63, 3.8) is 0 Å². The Hall–Kier alpha value is -0.910. The van der Waals surface area contributed by atoms with Crippen molar-refractivity contribution in [1.29, 1.82) is 0 Å². The lowest BCUT2D eigenvalue weighted by Gasteiger charge is -2.53. The Kier molecular flexibility index (Phi) is 4.55. The molecule has 1 heterocycles. The van der Waals surface area contributed by atoms with Gasteiger partial charge in [0.05, 0.1) is 6.26 Å². The summed E-state index contributed by atoms with van der Waals surface area (Å²) in [6.07, 6.45) is 3.44. The number of nitrogens with one attached hydrogen (secondary N) is 1. The van der Waals surface area contributed by atoms with E-state index < -0.39 is 10.0 Å². The molecule has 1 N–H and O–H groups in total. The van der Waals surface area contributed by atoms with E-state index in [1.807, 2.05) is 0 Å². The van der Waals surface area contributed by atoms with E-state index in [4.69, 9.17) is 0 Å². The molecule has 1 saturated heterocycles. The maximum atomic E-state index is 11.6. The average molecular weight is 337 g/mol. The molecular weight excluding hydrogens is 308 g/mol. The molecule has 3 rings (SSSR count). The maximum Gasteiger partial charge on any atom is 0.211 e. The Labute approximate surface area is 140 Å². The van der Waals surface area contributed by atoms with E-state index in [-0.39, 0.29) is 5.41 Å². The lowest BCUT2D eigenvalue weighted by molar-refractivity contribution is 0.0664. The van der Waals surface area contributed by atoms with Gasteiger partial charge in [0.15, 0.2) is 0 Å². The highest BCUT2D eigenvalue weighted by molar-refractivity contribution is 7.88. The zero-order chi connectivity index (χ0) is 16.7. The molecule has 1 aromatic carbocycles. The van der Waals surface area contributed by atoms with E-state index in [1.54, 1.807) is 4.31 Å². The van der Waals surface area contributed by atoms with Crippen molar-refractivity contribution in [2.75, 3.05) is 25.9 Å². The molecule has 0 aromatic heterocycles. The second kappa shape index (κ2) is 6.19. The van der Waals surface area contributed by atoms with Gasteiger partial charge in [0.25, 0.3) is 0 Å². The van der Waals surface area contributed by atoms with Gasteiger partial charge in [-0.2, -0.15) is 0 Å². The summed E-state index contributed by atoms with van der Waals surface area (Å²) < 4.78 is 24.8. The Morgan fingerprint density at radius 2 is 1.96 bits per heavy atom. The van der Waals surface area contributed by atoms with Crippen molar-refractivity contribution in [3.05, 3.63) is 35.9 Å². The van der Waals surface area contributed by atoms with E-state index >= 15 is 0 Å². The Morgan fingerprint density at radius 3 is 2.52 bits per heavy atom. The van der Waals surface area contributed by atoms with Crippen LogP contribution in [0.3, 0.4) is 0 Å². The quantitative estimate of drug-likeness (QED) is 0.898. The van der Waals surface area contributed by atoms with Crippen molar-refractivity contribution in [1.82, 2.24) is 9.62 Å². The van der Waals surface area contributed by atoms with Crippen LogP contribution in [0.5, 0.6) is 0 Å². The second-order valence-electron chi connectivity index (χ2n) is 7.76. The molecule has 0 bridgehead atoms. The second-order valence-corrected chi connectivity index (χ2v) is 9.74. The van der Waals surface area contributed by atoms with Crippen LogP contribution in [0.4, 0.5) is 0 Å². The number of nitrogens with zero attached hydrogens (tertiary/aromatic N) is 1. The first kappa shape index (κ1) is 16.9. The van der Waals surface area contributed by atoms with Crippen LogP contribution in [-0.4, -0.2) is 44.7 Å². The first-order chi connectivity index (χ1) is 10.8. The Morgan fingerprint density at radius 1 is 1.26 bits per heavy atom. The van der Waals surface area contributed by atoms with Crippen molar-refractivity contribution in [2.24, 2.45) is 11.3 Å². The van der Waals surface area contributed by atoms with Gasteiger partial charge in [0.2, 0.25) is 10.0 Å². The summed E-state index contributed by atoms with van der Waals surface area (Å²) in [7, 11) is -3.03. The monoisotopic (exact) mass is 336 g/mol. The number of hydrogen-bond donors (Lipinski definition) is 1. The largest absolute Gasteiger partial charge is 0.313 e. The smallest absolute Gasteiger partial charge is 0.211 e. The van der Waals surface area contributed by atoms with Crippen molar-refractivity contribution < 1.29 is 8.42 Å². The SMILES string of the molecule is CC1(C)[C@H](NC[C@H]2CCN(S(C)(=O)=O)C2)C[C@H]1c1ccccc1. The molecular formula is C18H28N2O2S. The third-order valence-electron chi connectivity index (χ3n) is 5.84. The molecule has 3 atom stereocenters. The number of benzene rings is 1. The van der Waals surface area contributed by atoms with Crippen molar-refractivity contribution >= 4 is 10.0 Å². The van der Waals surface area contributed by atoms with Gasteiger partial charge in [-0.25, -0.2) is 12.7 Å². The molecule has 1 saturated carbocycles. The van der Waals surface area contributed by atoms with Gasteiger partial charge >= 0.3 is 0 Å². The summed E-state index contributed by atoms with van der Waals surface area (Å²) in [6.45, 7) is 6.93. The fraction of sp³-hybridized carbons (Fsp3) is 0.667. The minimum absolute atomic E-state index is 0.247. The lowest BCUT2D eigenvalue weighted by atomic mass is 9.56. The minimum Gasteiger partial charge on any atom is -0.313 e. The van der Waals surface area contributed by atoms with Crippen LogP contribution in [0.15, 0.2) is 30.3 Å². The molecule has 0 amide bonds. The molecule has 2 fully saturated rings. The Bertz CT molecular complexity index is 642. The summed E-state index contributed by atoms with van der Waals surface area (Å²) in [5.41, 5.74) is 1.68. The van der Waals surface area contributed by atoms with E-state index in [0.29, 0.717) is 31.0 Å². The predicted molar refractivity (Wildman–Crippen MR) is 93.9 cm³/mol. The van der Waals surface area contributed by atoms with Crippen molar-refractivity contribution in [3.8, 4) is 0 Å². The normalized spacial score (nSPS) is 31.0. The molecule has 4 nitrogen and oxygen atoms in total. The van der Waals surface area contributed by atoms with Gasteiger partial charge in [-0.1, -0.05) is 44.2 Å². The highest BCUT2D eigenvalue weighted by atomic mass is 32.2. The first-order valence-electron chi connectivity index (χ1n) is 8.52. The van der Waals surface area contributed by atoms with E-state index in [2.05, 4.69) is 49.5 Å². The molecule has 128 valence electrons. The van der Waals surface area contributed by atoms with E-state index in [1.165, 1.54) is 18.2 Å². The maximum absolute atomic E-state index is 11.6. The first-order valence-corrected chi connectivity index (χ1v) is 10.4. The molecule has 1 aliphatic carbocycles. The molecule has 1 aliphatic heterocycles. The summed E-state index contributed by atoms with van der Waals surface area (Å²) in [6, 6.07) is 11.3. The third kappa shape index (κ3) is 3.47. The zero-order valence-corrected chi connectivity index (χ0v) is 15.1. The van der Waals surface area contributed by atoms with Gasteiger partial charge in [0, 0.05) is 19.1 Å². The van der Waals surface area contributed by atoms with Gasteiger partial charge in [-0.05, 0) is 42.2 Å². The fourth-order valence-electron chi connectivity index (χ4n) is 4.10. The van der Waals surface area contributed by atoms with Gasteiger partial charge in [-0.15, -0.1) is 0 Å². The third-order valence-corrected chi connectivity index (χ3v) is 7.11. The molecule has 23 heavy (non-hydrogen) atoms. The fourth-order valence-corrected chi connectivity index (χ4v) is 5.02. The minimum atomic E-state index is -3.03. The van der Waals surface area contributed by atoms with Crippen LogP contribution in [0.1, 0.15) is 38.2 Å². The van der Waals surface area contributed by atoms with Gasteiger partial charge < -0.3 is 5.32 Å². The van der Waals surface area contributed by atoms with E-state index in [9.17, 15) is 8.42 Å². The summed E-state index contributed by atoms with van der Waals surface area (Å²) in [5.74, 6) is 1.05. The average Bonchev–Trinajstić information content (AvgIpc) is 2.96. The highest BCUT2D eigenvalue weighted by Crippen LogP contribution is 2.52. The number of rotatable bonds is 5. The van der Waals surface area contributed by atoms with Gasteiger partial charge in [0.1, 0.15) is 0 Å². The van der Waals surface area contributed by atoms with E-state index in [0.717, 1.165) is 13.0 Å². The highest BCUT2D eigenvalue weighted by Gasteiger charge is 2.48. The summed E-state index contributed by atoms with van der Waals surface area (Å²) in [5, 5.41) is 3.70. The molecule has 1 aromatic rings. The topological polar surface area (TPSA) is 49.4 Å². The van der Waals surface area contributed by atoms with Gasteiger partial charge in [-0.3, -0.25) is 0 Å². The number of hydrogen-bond acceptors (Lipinski definition) is 3. The van der Waals surface area contributed by atoms with Crippen LogP contribution >= 0.6 is 0 Å². The van der Waals surface area contributed by atoms with Crippen LogP contribution in [0.25, 0.3) is 0 Å². The van der Waals surface area contributed by atoms with Crippen LogP contribution < -0.4 is 5.32 Å².